The summed E-state index contributed by atoms with van der Waals surface area (Å²) in [6, 6.07) is 47.2. The Morgan fingerprint density at radius 2 is 0.769 bits per heavy atom. The Bertz CT molecular complexity index is 1760. The van der Waals surface area contributed by atoms with Gasteiger partial charge in [-0.25, -0.2) is 0 Å². The number of rotatable bonds is 2. The third-order valence-corrected chi connectivity index (χ3v) is 6.96. The molecule has 0 aliphatic heterocycles. The fourth-order valence-corrected chi connectivity index (χ4v) is 5.16. The second-order valence-corrected chi connectivity index (χ2v) is 9.17. The van der Waals surface area contributed by atoms with Gasteiger partial charge in [-0.05, 0) is 46.4 Å². The number of fused-ring (bicyclic) bond motifs is 4. The summed E-state index contributed by atoms with van der Waals surface area (Å²) in [5.74, 6) is 0. The first-order valence-corrected chi connectivity index (χ1v) is 12.3. The SMILES string of the molecule is [Cl-].[Cl-].[Ti+4].c1ccc2[cH-]c(-n3ccc4ccccc43)cc2c1.c1ccc2[cH-]c(-n3ccc4ccccc43)cc2c1. The smallest absolute Gasteiger partial charge is 1.00 e. The second-order valence-electron chi connectivity index (χ2n) is 9.17. The maximum absolute atomic E-state index is 2.25. The van der Waals surface area contributed by atoms with Gasteiger partial charge in [0.1, 0.15) is 0 Å². The van der Waals surface area contributed by atoms with Gasteiger partial charge in [-0.2, -0.15) is 0 Å². The van der Waals surface area contributed by atoms with Crippen LogP contribution in [0.3, 0.4) is 0 Å². The summed E-state index contributed by atoms with van der Waals surface area (Å²) in [7, 11) is 0. The van der Waals surface area contributed by atoms with Crippen LogP contribution in [0.4, 0.5) is 0 Å². The Hall–Kier alpha value is -3.53. The van der Waals surface area contributed by atoms with Crippen LogP contribution in [0.25, 0.3) is 54.7 Å². The molecule has 39 heavy (non-hydrogen) atoms. The summed E-state index contributed by atoms with van der Waals surface area (Å²) in [6.07, 6.45) is 4.28. The van der Waals surface area contributed by atoms with Crippen LogP contribution in [-0.4, -0.2) is 9.13 Å². The minimum atomic E-state index is 0. The fraction of sp³-hybridized carbons (Fsp3) is 0. The third kappa shape index (κ3) is 5.34. The number of hydrogen-bond acceptors (Lipinski definition) is 0. The number of halogens is 2. The van der Waals surface area contributed by atoms with E-state index in [4.69, 9.17) is 0 Å². The first kappa shape index (κ1) is 28.5. The molecule has 6 aromatic carbocycles. The Morgan fingerprint density at radius 1 is 0.410 bits per heavy atom. The molecule has 8 rings (SSSR count). The van der Waals surface area contributed by atoms with E-state index in [1.54, 1.807) is 0 Å². The van der Waals surface area contributed by atoms with Crippen LogP contribution in [0, 0.1) is 0 Å². The molecule has 0 radical (unpaired) electrons. The van der Waals surface area contributed by atoms with E-state index in [0.29, 0.717) is 0 Å². The van der Waals surface area contributed by atoms with Crippen LogP contribution < -0.4 is 24.8 Å². The van der Waals surface area contributed by atoms with Crippen LogP contribution in [0.1, 0.15) is 0 Å². The summed E-state index contributed by atoms with van der Waals surface area (Å²) in [6.45, 7) is 0. The summed E-state index contributed by atoms with van der Waals surface area (Å²) in [4.78, 5) is 0. The summed E-state index contributed by atoms with van der Waals surface area (Å²) in [5, 5.41) is 7.75. The normalized spacial score (nSPS) is 10.5. The van der Waals surface area contributed by atoms with Crippen molar-refractivity contribution in [2.24, 2.45) is 0 Å². The number of benzene rings is 4. The molecule has 5 heteroatoms. The van der Waals surface area contributed by atoms with Gasteiger partial charge in [0, 0.05) is 12.4 Å². The molecule has 0 atom stereocenters. The molecule has 2 heterocycles. The van der Waals surface area contributed by atoms with E-state index in [0.717, 1.165) is 0 Å². The molecule has 0 amide bonds. The van der Waals surface area contributed by atoms with E-state index in [1.807, 2.05) is 0 Å². The van der Waals surface area contributed by atoms with E-state index in [9.17, 15) is 0 Å². The third-order valence-electron chi connectivity index (χ3n) is 6.96. The Morgan fingerprint density at radius 3 is 1.18 bits per heavy atom. The van der Waals surface area contributed by atoms with Gasteiger partial charge in [-0.15, -0.1) is 82.2 Å². The van der Waals surface area contributed by atoms with Crippen LogP contribution in [-0.2, 0) is 21.7 Å². The van der Waals surface area contributed by atoms with Crippen molar-refractivity contribution in [2.75, 3.05) is 0 Å². The second kappa shape index (κ2) is 12.1. The standard InChI is InChI=1S/2C17H12N.2ClH.Ti/c2*1-2-7-15-12-16(11-14(15)6-1)18-10-9-13-5-3-4-8-17(13)18;;;/h2*1-12H;2*1H;/q2*-1;;;+4/p-2. The zero-order valence-corrected chi connectivity index (χ0v) is 24.1. The molecule has 2 nitrogen and oxygen atoms in total. The van der Waals surface area contributed by atoms with Gasteiger partial charge in [0.2, 0.25) is 0 Å². The van der Waals surface area contributed by atoms with Gasteiger partial charge < -0.3 is 33.9 Å². The van der Waals surface area contributed by atoms with Gasteiger partial charge in [-0.3, -0.25) is 0 Å². The molecule has 0 spiro atoms. The zero-order chi connectivity index (χ0) is 23.9. The molecule has 0 unspecified atom stereocenters. The molecule has 0 saturated heterocycles. The Kier molecular flexibility index (Phi) is 8.85. The van der Waals surface area contributed by atoms with E-state index in [2.05, 4.69) is 155 Å². The van der Waals surface area contributed by atoms with Gasteiger partial charge >= 0.3 is 21.7 Å². The number of aromatic nitrogens is 2. The van der Waals surface area contributed by atoms with Crippen molar-refractivity contribution in [2.45, 2.75) is 0 Å². The average molecular weight is 579 g/mol. The van der Waals surface area contributed by atoms with Crippen molar-refractivity contribution >= 4 is 43.4 Å². The maximum atomic E-state index is 2.25. The summed E-state index contributed by atoms with van der Waals surface area (Å²) in [5.41, 5.74) is 4.98. The van der Waals surface area contributed by atoms with Crippen LogP contribution >= 0.6 is 0 Å². The molecule has 8 aromatic rings. The summed E-state index contributed by atoms with van der Waals surface area (Å²) < 4.78 is 4.49. The van der Waals surface area contributed by atoms with Crippen molar-refractivity contribution in [3.05, 3.63) is 146 Å². The fourth-order valence-electron chi connectivity index (χ4n) is 5.16. The van der Waals surface area contributed by atoms with Gasteiger partial charge in [-0.1, -0.05) is 48.5 Å². The van der Waals surface area contributed by atoms with Crippen molar-refractivity contribution in [3.63, 3.8) is 0 Å². The van der Waals surface area contributed by atoms with Crippen molar-refractivity contribution in [1.82, 2.24) is 9.13 Å². The van der Waals surface area contributed by atoms with Crippen molar-refractivity contribution in [3.8, 4) is 11.4 Å². The molecule has 0 bridgehead atoms. The monoisotopic (exact) mass is 578 g/mol. The summed E-state index contributed by atoms with van der Waals surface area (Å²) >= 11 is 0. The molecule has 0 aliphatic carbocycles. The van der Waals surface area contributed by atoms with E-state index in [-0.39, 0.29) is 46.5 Å². The quantitative estimate of drug-likeness (QED) is 0.220. The van der Waals surface area contributed by atoms with Gasteiger partial charge in [0.05, 0.1) is 11.0 Å². The van der Waals surface area contributed by atoms with E-state index >= 15 is 0 Å². The topological polar surface area (TPSA) is 9.86 Å². The number of para-hydroxylation sites is 2. The first-order chi connectivity index (χ1) is 17.8. The van der Waals surface area contributed by atoms with Crippen molar-refractivity contribution in [1.29, 1.82) is 0 Å². The molecular formula is C34H24Cl2N2Ti. The van der Waals surface area contributed by atoms with Crippen molar-refractivity contribution < 1.29 is 46.5 Å². The Balaban J connectivity index is 0.000000168. The molecule has 0 N–H and O–H groups in total. The predicted molar refractivity (Wildman–Crippen MR) is 153 cm³/mol. The zero-order valence-electron chi connectivity index (χ0n) is 21.0. The predicted octanol–water partition coefficient (Wildman–Crippen LogP) is 3.01. The van der Waals surface area contributed by atoms with Crippen LogP contribution in [0.5, 0.6) is 0 Å². The van der Waals surface area contributed by atoms with Gasteiger partial charge in [0.15, 0.2) is 0 Å². The molecule has 0 aliphatic rings. The first-order valence-electron chi connectivity index (χ1n) is 12.3. The van der Waals surface area contributed by atoms with Gasteiger partial charge in [0.25, 0.3) is 0 Å². The van der Waals surface area contributed by atoms with Crippen LogP contribution in [0.15, 0.2) is 146 Å². The molecule has 0 fully saturated rings. The molecular weight excluding hydrogens is 555 g/mol. The number of nitrogens with zero attached hydrogens (tertiary/aromatic N) is 2. The minimum absolute atomic E-state index is 0. The average Bonchev–Trinajstić information content (AvgIpc) is 3.71. The Labute approximate surface area is 254 Å². The maximum Gasteiger partial charge on any atom is 4.00 e. The molecule has 0 saturated carbocycles. The largest absolute Gasteiger partial charge is 4.00 e. The van der Waals surface area contributed by atoms with Crippen LogP contribution in [0.2, 0.25) is 0 Å². The molecule has 2 aromatic heterocycles. The number of hydrogen-bond donors (Lipinski definition) is 0. The minimum Gasteiger partial charge on any atom is -1.00 e. The molecule has 188 valence electrons. The van der Waals surface area contributed by atoms with E-state index < -0.39 is 0 Å². The van der Waals surface area contributed by atoms with E-state index in [1.165, 1.54) is 54.7 Å².